The molecule has 1 aromatic heterocycles. The highest BCUT2D eigenvalue weighted by Crippen LogP contribution is 2.24. The van der Waals surface area contributed by atoms with E-state index in [1.54, 1.807) is 39.0 Å². The van der Waals surface area contributed by atoms with Gasteiger partial charge in [-0.05, 0) is 45.7 Å². The fourth-order valence-corrected chi connectivity index (χ4v) is 4.47. The molecule has 2 heterocycles. The first-order valence-electron chi connectivity index (χ1n) is 8.60. The molecule has 1 atom stereocenters. The first-order chi connectivity index (χ1) is 12.2. The van der Waals surface area contributed by atoms with Gasteiger partial charge in [-0.2, -0.15) is 0 Å². The van der Waals surface area contributed by atoms with Crippen LogP contribution in [0, 0.1) is 0 Å². The van der Waals surface area contributed by atoms with E-state index in [-0.39, 0.29) is 10.8 Å². The molecule has 0 unspecified atom stereocenters. The molecule has 1 aromatic carbocycles. The Bertz CT molecular complexity index is 921. The average molecular weight is 377 g/mol. The summed E-state index contributed by atoms with van der Waals surface area (Å²) in [4.78, 5) is 22.3. The molecule has 1 aliphatic heterocycles. The van der Waals surface area contributed by atoms with Crippen LogP contribution in [0.1, 0.15) is 33.6 Å². The van der Waals surface area contributed by atoms with Crippen LogP contribution in [-0.2, 0) is 14.6 Å². The molecule has 1 fully saturated rings. The molecule has 0 radical (unpaired) electrons. The van der Waals surface area contributed by atoms with Gasteiger partial charge in [0.25, 0.3) is 0 Å². The standard InChI is InChI=1S/C18H23N3O4S/c1-18(2,3)25-17(22)21-10-6-7-13(21)12-26(23,24)16-11-19-14-8-4-5-9-15(14)20-16/h4-5,8-9,11,13H,6-7,10,12H2,1-3H3/t13-/m1/s1. The third-order valence-electron chi connectivity index (χ3n) is 4.16. The second-order valence-electron chi connectivity index (χ2n) is 7.45. The Morgan fingerprint density at radius 3 is 2.65 bits per heavy atom. The molecule has 3 rings (SSSR count). The van der Waals surface area contributed by atoms with Crippen molar-refractivity contribution in [2.45, 2.75) is 50.3 Å². The third kappa shape index (κ3) is 4.12. The predicted octanol–water partition coefficient (Wildman–Crippen LogP) is 2.80. The van der Waals surface area contributed by atoms with Crippen LogP contribution in [0.4, 0.5) is 4.79 Å². The molecular weight excluding hydrogens is 354 g/mol. The summed E-state index contributed by atoms with van der Waals surface area (Å²) < 4.78 is 31.0. The van der Waals surface area contributed by atoms with Crippen LogP contribution in [0.5, 0.6) is 0 Å². The van der Waals surface area contributed by atoms with Crippen LogP contribution < -0.4 is 0 Å². The first kappa shape index (κ1) is 18.6. The van der Waals surface area contributed by atoms with Crippen LogP contribution in [-0.4, -0.2) is 53.3 Å². The molecule has 1 saturated heterocycles. The number of fused-ring (bicyclic) bond motifs is 1. The third-order valence-corrected chi connectivity index (χ3v) is 5.82. The smallest absolute Gasteiger partial charge is 0.410 e. The van der Waals surface area contributed by atoms with E-state index in [4.69, 9.17) is 4.74 Å². The summed E-state index contributed by atoms with van der Waals surface area (Å²) in [6.45, 7) is 5.87. The number of aromatic nitrogens is 2. The van der Waals surface area contributed by atoms with Gasteiger partial charge in [0.2, 0.25) is 0 Å². The SMILES string of the molecule is CC(C)(C)OC(=O)N1CCC[C@@H]1CS(=O)(=O)c1cnc2ccccc2n1. The number of nitrogens with zero attached hydrogens (tertiary/aromatic N) is 3. The molecule has 7 nitrogen and oxygen atoms in total. The number of rotatable bonds is 3. The van der Waals surface area contributed by atoms with Crippen molar-refractivity contribution in [2.24, 2.45) is 0 Å². The summed E-state index contributed by atoms with van der Waals surface area (Å²) >= 11 is 0. The number of sulfone groups is 1. The molecule has 8 heteroatoms. The van der Waals surface area contributed by atoms with Crippen molar-refractivity contribution in [3.8, 4) is 0 Å². The van der Waals surface area contributed by atoms with Gasteiger partial charge in [0.05, 0.1) is 23.0 Å². The number of likely N-dealkylation sites (tertiary alicyclic amines) is 1. The molecular formula is C18H23N3O4S. The summed E-state index contributed by atoms with van der Waals surface area (Å²) in [6.07, 6.45) is 2.19. The highest BCUT2D eigenvalue weighted by atomic mass is 32.2. The van der Waals surface area contributed by atoms with E-state index in [2.05, 4.69) is 9.97 Å². The van der Waals surface area contributed by atoms with E-state index in [0.29, 0.717) is 24.0 Å². The second-order valence-corrected chi connectivity index (χ2v) is 9.43. The lowest BCUT2D eigenvalue weighted by molar-refractivity contribution is 0.0241. The van der Waals surface area contributed by atoms with Gasteiger partial charge in [-0.1, -0.05) is 12.1 Å². The minimum atomic E-state index is -3.67. The van der Waals surface area contributed by atoms with Gasteiger partial charge < -0.3 is 9.64 Å². The Morgan fingerprint density at radius 2 is 1.96 bits per heavy atom. The maximum atomic E-state index is 12.8. The monoisotopic (exact) mass is 377 g/mol. The van der Waals surface area contributed by atoms with Gasteiger partial charge in [-0.25, -0.2) is 18.2 Å². The largest absolute Gasteiger partial charge is 0.444 e. The minimum absolute atomic E-state index is 0.0627. The van der Waals surface area contributed by atoms with E-state index in [1.807, 2.05) is 6.07 Å². The van der Waals surface area contributed by atoms with E-state index in [0.717, 1.165) is 6.42 Å². The summed E-state index contributed by atoms with van der Waals surface area (Å²) in [5.41, 5.74) is 0.555. The highest BCUT2D eigenvalue weighted by Gasteiger charge is 2.36. The maximum absolute atomic E-state index is 12.8. The van der Waals surface area contributed by atoms with Gasteiger partial charge in [-0.15, -0.1) is 0 Å². The molecule has 0 saturated carbocycles. The van der Waals surface area contributed by atoms with Crippen molar-refractivity contribution >= 4 is 27.0 Å². The zero-order valence-electron chi connectivity index (χ0n) is 15.2. The number of hydrogen-bond donors (Lipinski definition) is 0. The van der Waals surface area contributed by atoms with E-state index < -0.39 is 27.6 Å². The Kier molecular flexibility index (Phi) is 4.88. The van der Waals surface area contributed by atoms with E-state index in [1.165, 1.54) is 11.1 Å². The van der Waals surface area contributed by atoms with E-state index in [9.17, 15) is 13.2 Å². The first-order valence-corrected chi connectivity index (χ1v) is 10.3. The van der Waals surface area contributed by atoms with Gasteiger partial charge in [0, 0.05) is 12.6 Å². The van der Waals surface area contributed by atoms with Crippen molar-refractivity contribution in [1.82, 2.24) is 14.9 Å². The Labute approximate surface area is 153 Å². The second kappa shape index (κ2) is 6.83. The van der Waals surface area contributed by atoms with Gasteiger partial charge in [0.15, 0.2) is 14.9 Å². The minimum Gasteiger partial charge on any atom is -0.444 e. The molecule has 26 heavy (non-hydrogen) atoms. The normalized spacial score (nSPS) is 18.3. The van der Waals surface area contributed by atoms with Crippen LogP contribution in [0.3, 0.4) is 0 Å². The lowest BCUT2D eigenvalue weighted by Gasteiger charge is -2.28. The number of ether oxygens (including phenoxy) is 1. The Morgan fingerprint density at radius 1 is 1.27 bits per heavy atom. The Balaban J connectivity index is 1.80. The van der Waals surface area contributed by atoms with E-state index >= 15 is 0 Å². The zero-order valence-corrected chi connectivity index (χ0v) is 16.0. The fraction of sp³-hybridized carbons (Fsp3) is 0.500. The van der Waals surface area contributed by atoms with Crippen LogP contribution in [0.2, 0.25) is 0 Å². The number of carbonyl (C=O) groups is 1. The zero-order chi connectivity index (χ0) is 18.9. The number of hydrogen-bond acceptors (Lipinski definition) is 6. The number of carbonyl (C=O) groups excluding carboxylic acids is 1. The maximum Gasteiger partial charge on any atom is 0.410 e. The molecule has 140 valence electrons. The molecule has 2 aromatic rings. The molecule has 0 aliphatic carbocycles. The molecule has 0 N–H and O–H groups in total. The highest BCUT2D eigenvalue weighted by molar-refractivity contribution is 7.91. The lowest BCUT2D eigenvalue weighted by Crippen LogP contribution is -2.42. The molecule has 1 amide bonds. The van der Waals surface area contributed by atoms with Crippen LogP contribution >= 0.6 is 0 Å². The topological polar surface area (TPSA) is 89.5 Å². The van der Waals surface area contributed by atoms with Crippen molar-refractivity contribution in [3.63, 3.8) is 0 Å². The van der Waals surface area contributed by atoms with Crippen molar-refractivity contribution < 1.29 is 17.9 Å². The summed E-state index contributed by atoms with van der Waals surface area (Å²) in [5.74, 6) is -0.181. The van der Waals surface area contributed by atoms with Gasteiger partial charge in [-0.3, -0.25) is 4.98 Å². The summed E-state index contributed by atoms with van der Waals surface area (Å²) in [6, 6.07) is 6.70. The Hall–Kier alpha value is -2.22. The van der Waals surface area contributed by atoms with Gasteiger partial charge >= 0.3 is 6.09 Å². The fourth-order valence-electron chi connectivity index (χ4n) is 3.00. The van der Waals surface area contributed by atoms with Crippen molar-refractivity contribution in [1.29, 1.82) is 0 Å². The van der Waals surface area contributed by atoms with Gasteiger partial charge in [0.1, 0.15) is 5.60 Å². The molecule has 0 bridgehead atoms. The lowest BCUT2D eigenvalue weighted by atomic mass is 10.2. The predicted molar refractivity (Wildman–Crippen MR) is 97.6 cm³/mol. The average Bonchev–Trinajstić information content (AvgIpc) is 3.00. The molecule has 1 aliphatic rings. The number of amides is 1. The quantitative estimate of drug-likeness (QED) is 0.817. The van der Waals surface area contributed by atoms with Crippen molar-refractivity contribution in [3.05, 3.63) is 30.5 Å². The van der Waals surface area contributed by atoms with Crippen LogP contribution in [0.15, 0.2) is 35.5 Å². The number of benzene rings is 1. The van der Waals surface area contributed by atoms with Crippen LogP contribution in [0.25, 0.3) is 11.0 Å². The summed E-state index contributed by atoms with van der Waals surface area (Å²) in [7, 11) is -3.67. The number of para-hydroxylation sites is 2. The summed E-state index contributed by atoms with van der Waals surface area (Å²) in [5, 5.41) is -0.0627. The van der Waals surface area contributed by atoms with Crippen molar-refractivity contribution in [2.75, 3.05) is 12.3 Å². The molecule has 0 spiro atoms.